The van der Waals surface area contributed by atoms with Gasteiger partial charge in [0.2, 0.25) is 0 Å². The Bertz CT molecular complexity index is 482. The van der Waals surface area contributed by atoms with Crippen molar-refractivity contribution in [3.63, 3.8) is 0 Å². The van der Waals surface area contributed by atoms with Crippen molar-refractivity contribution < 1.29 is 9.94 Å². The predicted molar refractivity (Wildman–Crippen MR) is 116 cm³/mol. The Kier molecular flexibility index (Phi) is 14.5. The summed E-state index contributed by atoms with van der Waals surface area (Å²) in [5.41, 5.74) is 1.54. The molecule has 0 amide bonds. The highest BCUT2D eigenvalue weighted by Gasteiger charge is 1.99. The minimum Gasteiger partial charge on any atom is -0.494 e. The number of benzene rings is 1. The molecule has 0 aliphatic rings. The summed E-state index contributed by atoms with van der Waals surface area (Å²) in [6.07, 6.45) is 19.2. The maximum Gasteiger partial charge on any atom is 0.119 e. The smallest absolute Gasteiger partial charge is 0.119 e. The summed E-state index contributed by atoms with van der Waals surface area (Å²) >= 11 is 0. The standard InChI is InChI=1S/C24H41NO2/c1-3-4-5-6-7-8-9-10-11-12-13-14-15-16-21-27-24-19-17-23(18-20-24)22(2)25-26/h17-20,26H,3-16,21H2,1-2H3. The monoisotopic (exact) mass is 375 g/mol. The van der Waals surface area contributed by atoms with Gasteiger partial charge in [0.15, 0.2) is 0 Å². The van der Waals surface area contributed by atoms with Crippen LogP contribution < -0.4 is 4.74 Å². The van der Waals surface area contributed by atoms with E-state index in [1.807, 2.05) is 24.3 Å². The number of oxime groups is 1. The molecule has 0 atom stereocenters. The zero-order valence-corrected chi connectivity index (χ0v) is 17.7. The summed E-state index contributed by atoms with van der Waals surface area (Å²) in [6, 6.07) is 7.73. The fourth-order valence-electron chi connectivity index (χ4n) is 3.34. The van der Waals surface area contributed by atoms with Crippen LogP contribution >= 0.6 is 0 Å². The van der Waals surface area contributed by atoms with Gasteiger partial charge in [0, 0.05) is 0 Å². The van der Waals surface area contributed by atoms with Gasteiger partial charge in [-0.3, -0.25) is 0 Å². The van der Waals surface area contributed by atoms with Crippen LogP contribution in [0, 0.1) is 0 Å². The topological polar surface area (TPSA) is 41.8 Å². The Morgan fingerprint density at radius 1 is 0.741 bits per heavy atom. The van der Waals surface area contributed by atoms with Crippen LogP contribution in [0.15, 0.2) is 29.4 Å². The van der Waals surface area contributed by atoms with Gasteiger partial charge in [-0.2, -0.15) is 0 Å². The molecule has 0 bridgehead atoms. The van der Waals surface area contributed by atoms with Gasteiger partial charge in [0.1, 0.15) is 5.75 Å². The van der Waals surface area contributed by atoms with Crippen molar-refractivity contribution in [2.45, 2.75) is 104 Å². The van der Waals surface area contributed by atoms with Crippen LogP contribution in [-0.2, 0) is 0 Å². The molecule has 0 aliphatic heterocycles. The number of hydrogen-bond acceptors (Lipinski definition) is 3. The Hall–Kier alpha value is -1.51. The van der Waals surface area contributed by atoms with Gasteiger partial charge in [-0.05, 0) is 43.2 Å². The van der Waals surface area contributed by atoms with Gasteiger partial charge in [0.25, 0.3) is 0 Å². The van der Waals surface area contributed by atoms with E-state index in [1.54, 1.807) is 6.92 Å². The molecule has 27 heavy (non-hydrogen) atoms. The van der Waals surface area contributed by atoms with E-state index >= 15 is 0 Å². The highest BCUT2D eigenvalue weighted by Crippen LogP contribution is 2.15. The molecule has 0 heterocycles. The van der Waals surface area contributed by atoms with E-state index in [9.17, 15) is 0 Å². The van der Waals surface area contributed by atoms with Crippen LogP contribution in [0.4, 0.5) is 0 Å². The van der Waals surface area contributed by atoms with Crippen molar-refractivity contribution in [2.24, 2.45) is 5.16 Å². The summed E-state index contributed by atoms with van der Waals surface area (Å²) < 4.78 is 5.78. The Morgan fingerprint density at radius 3 is 1.63 bits per heavy atom. The SMILES string of the molecule is CCCCCCCCCCCCCCCCOc1ccc(C(C)=NO)cc1. The Balaban J connectivity index is 1.86. The Morgan fingerprint density at radius 2 is 1.19 bits per heavy atom. The van der Waals surface area contributed by atoms with Crippen LogP contribution in [0.5, 0.6) is 5.75 Å². The van der Waals surface area contributed by atoms with Crippen LogP contribution in [0.2, 0.25) is 0 Å². The van der Waals surface area contributed by atoms with Crippen LogP contribution in [0.3, 0.4) is 0 Å². The molecule has 0 fully saturated rings. The van der Waals surface area contributed by atoms with E-state index in [2.05, 4.69) is 12.1 Å². The third-order valence-corrected chi connectivity index (χ3v) is 5.19. The van der Waals surface area contributed by atoms with E-state index in [1.165, 1.54) is 83.5 Å². The number of ether oxygens (including phenoxy) is 1. The number of hydrogen-bond donors (Lipinski definition) is 1. The minimum absolute atomic E-state index is 0.619. The van der Waals surface area contributed by atoms with Gasteiger partial charge < -0.3 is 9.94 Å². The minimum atomic E-state index is 0.619. The van der Waals surface area contributed by atoms with Gasteiger partial charge >= 0.3 is 0 Å². The normalized spacial score (nSPS) is 11.7. The second-order valence-electron chi connectivity index (χ2n) is 7.65. The van der Waals surface area contributed by atoms with E-state index in [-0.39, 0.29) is 0 Å². The molecule has 0 unspecified atom stereocenters. The molecule has 0 saturated heterocycles. The molecule has 0 aromatic heterocycles. The lowest BCUT2D eigenvalue weighted by atomic mass is 10.0. The van der Waals surface area contributed by atoms with Gasteiger partial charge in [-0.15, -0.1) is 0 Å². The zero-order chi connectivity index (χ0) is 19.6. The second kappa shape index (κ2) is 16.6. The van der Waals surface area contributed by atoms with Crippen molar-refractivity contribution >= 4 is 5.71 Å². The lowest BCUT2D eigenvalue weighted by Gasteiger charge is -2.07. The molecular formula is C24H41NO2. The first-order valence-electron chi connectivity index (χ1n) is 11.2. The molecule has 0 saturated carbocycles. The molecule has 3 nitrogen and oxygen atoms in total. The number of nitrogens with zero attached hydrogens (tertiary/aromatic N) is 1. The molecule has 1 aromatic carbocycles. The highest BCUT2D eigenvalue weighted by atomic mass is 16.5. The summed E-state index contributed by atoms with van der Waals surface area (Å²) in [6.45, 7) is 4.85. The first kappa shape index (κ1) is 23.5. The van der Waals surface area contributed by atoms with Crippen LogP contribution in [-0.4, -0.2) is 17.5 Å². The molecule has 154 valence electrons. The first-order valence-corrected chi connectivity index (χ1v) is 11.2. The van der Waals surface area contributed by atoms with Crippen molar-refractivity contribution in [1.29, 1.82) is 0 Å². The van der Waals surface area contributed by atoms with E-state index in [4.69, 9.17) is 9.94 Å². The summed E-state index contributed by atoms with van der Waals surface area (Å²) in [7, 11) is 0. The number of rotatable bonds is 17. The van der Waals surface area contributed by atoms with Gasteiger partial charge in [0.05, 0.1) is 12.3 Å². The lowest BCUT2D eigenvalue weighted by molar-refractivity contribution is 0.304. The van der Waals surface area contributed by atoms with Crippen molar-refractivity contribution in [2.75, 3.05) is 6.61 Å². The van der Waals surface area contributed by atoms with Crippen molar-refractivity contribution in [1.82, 2.24) is 0 Å². The van der Waals surface area contributed by atoms with Crippen LogP contribution in [0.1, 0.15) is 109 Å². The third kappa shape index (κ3) is 12.5. The maximum atomic E-state index is 8.77. The Labute approximate surface area is 167 Å². The van der Waals surface area contributed by atoms with Gasteiger partial charge in [-0.25, -0.2) is 0 Å². The summed E-state index contributed by atoms with van der Waals surface area (Å²) in [4.78, 5) is 0. The molecule has 1 N–H and O–H groups in total. The van der Waals surface area contributed by atoms with Crippen molar-refractivity contribution in [3.05, 3.63) is 29.8 Å². The highest BCUT2D eigenvalue weighted by molar-refractivity contribution is 5.98. The predicted octanol–water partition coefficient (Wildman–Crippen LogP) is 7.74. The third-order valence-electron chi connectivity index (χ3n) is 5.19. The van der Waals surface area contributed by atoms with E-state index in [0.29, 0.717) is 5.71 Å². The second-order valence-corrected chi connectivity index (χ2v) is 7.65. The van der Waals surface area contributed by atoms with Crippen LogP contribution in [0.25, 0.3) is 0 Å². The molecule has 0 spiro atoms. The average molecular weight is 376 g/mol. The molecule has 0 aliphatic carbocycles. The van der Waals surface area contributed by atoms with E-state index < -0.39 is 0 Å². The molecule has 1 aromatic rings. The van der Waals surface area contributed by atoms with E-state index in [0.717, 1.165) is 24.3 Å². The summed E-state index contributed by atoms with van der Waals surface area (Å²) in [5, 5.41) is 12.0. The molecule has 3 heteroatoms. The summed E-state index contributed by atoms with van der Waals surface area (Å²) in [5.74, 6) is 0.888. The largest absolute Gasteiger partial charge is 0.494 e. The fourth-order valence-corrected chi connectivity index (χ4v) is 3.34. The quantitative estimate of drug-likeness (QED) is 0.131. The molecule has 0 radical (unpaired) electrons. The van der Waals surface area contributed by atoms with Crippen molar-refractivity contribution in [3.8, 4) is 5.75 Å². The first-order chi connectivity index (χ1) is 13.3. The fraction of sp³-hybridized carbons (Fsp3) is 0.708. The van der Waals surface area contributed by atoms with Gasteiger partial charge in [-0.1, -0.05) is 95.6 Å². The molecular weight excluding hydrogens is 334 g/mol. The number of unbranched alkanes of at least 4 members (excludes halogenated alkanes) is 13. The lowest BCUT2D eigenvalue weighted by Crippen LogP contribution is -1.98. The molecule has 1 rings (SSSR count). The average Bonchev–Trinajstić information content (AvgIpc) is 2.70. The maximum absolute atomic E-state index is 8.77. The zero-order valence-electron chi connectivity index (χ0n) is 17.7.